The Balaban J connectivity index is 1.81. The second kappa shape index (κ2) is 15.4. The van der Waals surface area contributed by atoms with Crippen LogP contribution in [0.25, 0.3) is 0 Å². The van der Waals surface area contributed by atoms with Gasteiger partial charge < -0.3 is 19.7 Å². The van der Waals surface area contributed by atoms with Crippen molar-refractivity contribution < 1.29 is 27.5 Å². The second-order valence-electron chi connectivity index (χ2n) is 11.0. The van der Waals surface area contributed by atoms with Crippen LogP contribution in [0.2, 0.25) is 0 Å². The summed E-state index contributed by atoms with van der Waals surface area (Å²) < 4.78 is 40.4. The number of benzene rings is 4. The molecule has 4 aromatic rings. The molecule has 0 spiro atoms. The van der Waals surface area contributed by atoms with Gasteiger partial charge in [0.05, 0.1) is 24.8 Å². The molecule has 4 rings (SSSR count). The lowest BCUT2D eigenvalue weighted by atomic mass is 10.0. The molecule has 0 saturated heterocycles. The van der Waals surface area contributed by atoms with Crippen molar-refractivity contribution in [3.05, 3.63) is 119 Å². The number of anilines is 1. The molecule has 1 atom stereocenters. The summed E-state index contributed by atoms with van der Waals surface area (Å²) in [6, 6.07) is 27.4. The molecule has 0 fully saturated rings. The van der Waals surface area contributed by atoms with Crippen LogP contribution in [0.5, 0.6) is 11.5 Å². The van der Waals surface area contributed by atoms with Crippen molar-refractivity contribution in [1.82, 2.24) is 10.2 Å². The van der Waals surface area contributed by atoms with Crippen molar-refractivity contribution >= 4 is 27.5 Å². The van der Waals surface area contributed by atoms with Gasteiger partial charge in [-0.1, -0.05) is 77.9 Å². The van der Waals surface area contributed by atoms with Crippen LogP contribution in [-0.2, 0) is 32.6 Å². The molecule has 0 unspecified atom stereocenters. The van der Waals surface area contributed by atoms with E-state index in [1.54, 1.807) is 24.3 Å². The number of carbonyl (C=O) groups is 2. The molecule has 0 bridgehead atoms. The monoisotopic (exact) mass is 643 g/mol. The smallest absolute Gasteiger partial charge is 0.264 e. The van der Waals surface area contributed by atoms with Crippen LogP contribution in [0, 0.1) is 13.8 Å². The topological polar surface area (TPSA) is 105 Å². The van der Waals surface area contributed by atoms with Gasteiger partial charge in [-0.15, -0.1) is 0 Å². The maximum Gasteiger partial charge on any atom is 0.264 e. The second-order valence-corrected chi connectivity index (χ2v) is 12.8. The Morgan fingerprint density at radius 3 is 1.98 bits per heavy atom. The quantitative estimate of drug-likeness (QED) is 0.200. The molecule has 4 aromatic carbocycles. The minimum absolute atomic E-state index is 0.0758. The Bertz CT molecular complexity index is 1730. The maximum atomic E-state index is 14.5. The molecule has 10 heteroatoms. The molecule has 242 valence electrons. The minimum atomic E-state index is -4.30. The summed E-state index contributed by atoms with van der Waals surface area (Å²) >= 11 is 0. The molecule has 0 aromatic heterocycles. The van der Waals surface area contributed by atoms with Gasteiger partial charge in [0, 0.05) is 25.6 Å². The predicted molar refractivity (Wildman–Crippen MR) is 180 cm³/mol. The fourth-order valence-electron chi connectivity index (χ4n) is 5.08. The molecular weight excluding hydrogens is 602 g/mol. The molecule has 0 aliphatic carbocycles. The van der Waals surface area contributed by atoms with Gasteiger partial charge in [-0.25, -0.2) is 8.42 Å². The van der Waals surface area contributed by atoms with E-state index in [0.29, 0.717) is 18.0 Å². The summed E-state index contributed by atoms with van der Waals surface area (Å²) in [6.07, 6.45) is 0.247. The third-order valence-electron chi connectivity index (χ3n) is 7.64. The lowest BCUT2D eigenvalue weighted by molar-refractivity contribution is -0.140. The third-order valence-corrected chi connectivity index (χ3v) is 9.41. The van der Waals surface area contributed by atoms with Gasteiger partial charge in [-0.3, -0.25) is 13.9 Å². The summed E-state index contributed by atoms with van der Waals surface area (Å²) in [6.45, 7) is 5.62. The number of nitrogens with one attached hydrogen (secondary N) is 1. The van der Waals surface area contributed by atoms with Crippen molar-refractivity contribution in [1.29, 1.82) is 0 Å². The molecule has 0 radical (unpaired) electrons. The van der Waals surface area contributed by atoms with E-state index in [1.807, 2.05) is 75.4 Å². The first-order chi connectivity index (χ1) is 22.1. The number of amides is 2. The highest BCUT2D eigenvalue weighted by molar-refractivity contribution is 7.92. The van der Waals surface area contributed by atoms with E-state index in [0.717, 1.165) is 26.6 Å². The van der Waals surface area contributed by atoms with E-state index in [4.69, 9.17) is 9.47 Å². The zero-order valence-electron chi connectivity index (χ0n) is 26.9. The van der Waals surface area contributed by atoms with Gasteiger partial charge in [0.25, 0.3) is 10.0 Å². The molecule has 46 heavy (non-hydrogen) atoms. The summed E-state index contributed by atoms with van der Waals surface area (Å²) in [7, 11) is -1.41. The summed E-state index contributed by atoms with van der Waals surface area (Å²) in [4.78, 5) is 29.5. The number of nitrogens with zero attached hydrogens (tertiary/aromatic N) is 2. The molecule has 0 aliphatic heterocycles. The van der Waals surface area contributed by atoms with Crippen LogP contribution in [0.1, 0.15) is 29.2 Å². The number of ether oxygens (including phenoxy) is 2. The van der Waals surface area contributed by atoms with E-state index in [1.165, 1.54) is 37.3 Å². The van der Waals surface area contributed by atoms with Crippen molar-refractivity contribution in [3.63, 3.8) is 0 Å². The van der Waals surface area contributed by atoms with Crippen LogP contribution in [0.4, 0.5) is 5.69 Å². The standard InChI is InChI=1S/C36H41N3O6S/c1-6-37-36(41)32(22-28-10-8-7-9-11-28)38(24-29-16-12-26(2)13-17-29)35(40)25-39(30-18-14-27(3)15-19-30)46(42,43)31-20-21-33(44-4)34(23-31)45-5/h7-21,23,32H,6,22,24-25H2,1-5H3,(H,37,41)/t32-/m1/s1. The van der Waals surface area contributed by atoms with Gasteiger partial charge in [-0.05, 0) is 56.2 Å². The number of aryl methyl sites for hydroxylation is 2. The van der Waals surface area contributed by atoms with Crippen molar-refractivity contribution in [2.75, 3.05) is 31.6 Å². The fraction of sp³-hybridized carbons (Fsp3) is 0.278. The minimum Gasteiger partial charge on any atom is -0.493 e. The van der Waals surface area contributed by atoms with Crippen LogP contribution in [0.3, 0.4) is 0 Å². The highest BCUT2D eigenvalue weighted by atomic mass is 32.2. The van der Waals surface area contributed by atoms with E-state index in [2.05, 4.69) is 5.32 Å². The first-order valence-electron chi connectivity index (χ1n) is 15.1. The summed E-state index contributed by atoms with van der Waals surface area (Å²) in [5.41, 5.74) is 3.97. The molecule has 9 nitrogen and oxygen atoms in total. The Morgan fingerprint density at radius 1 is 0.783 bits per heavy atom. The van der Waals surface area contributed by atoms with E-state index >= 15 is 0 Å². The van der Waals surface area contributed by atoms with Gasteiger partial charge >= 0.3 is 0 Å². The number of rotatable bonds is 14. The number of likely N-dealkylation sites (N-methyl/N-ethyl adjacent to an activating group) is 1. The lowest BCUT2D eigenvalue weighted by Gasteiger charge is -2.34. The lowest BCUT2D eigenvalue weighted by Crippen LogP contribution is -2.53. The zero-order valence-corrected chi connectivity index (χ0v) is 27.7. The summed E-state index contributed by atoms with van der Waals surface area (Å²) in [5.74, 6) is -0.248. The van der Waals surface area contributed by atoms with Gasteiger partial charge in [0.15, 0.2) is 11.5 Å². The first kappa shape index (κ1) is 34.1. The highest BCUT2D eigenvalue weighted by Gasteiger charge is 2.35. The molecule has 0 heterocycles. The third kappa shape index (κ3) is 8.25. The number of sulfonamides is 1. The maximum absolute atomic E-state index is 14.5. The average Bonchev–Trinajstić information content (AvgIpc) is 3.06. The van der Waals surface area contributed by atoms with Crippen LogP contribution in [0.15, 0.2) is 102 Å². The van der Waals surface area contributed by atoms with Gasteiger partial charge in [0.1, 0.15) is 12.6 Å². The molecule has 0 saturated carbocycles. The van der Waals surface area contributed by atoms with E-state index in [-0.39, 0.29) is 29.5 Å². The van der Waals surface area contributed by atoms with Crippen molar-refractivity contribution in [2.45, 2.75) is 44.7 Å². The normalized spacial score (nSPS) is 11.8. The zero-order chi connectivity index (χ0) is 33.3. The average molecular weight is 644 g/mol. The number of hydrogen-bond acceptors (Lipinski definition) is 6. The van der Waals surface area contributed by atoms with Crippen molar-refractivity contribution in [3.8, 4) is 11.5 Å². The number of hydrogen-bond donors (Lipinski definition) is 1. The Hall–Kier alpha value is -4.83. The van der Waals surface area contributed by atoms with Crippen LogP contribution < -0.4 is 19.1 Å². The van der Waals surface area contributed by atoms with Crippen molar-refractivity contribution in [2.24, 2.45) is 0 Å². The Morgan fingerprint density at radius 2 is 1.39 bits per heavy atom. The molecule has 2 amide bonds. The van der Waals surface area contributed by atoms with Gasteiger partial charge in [-0.2, -0.15) is 0 Å². The number of carbonyl (C=O) groups excluding carboxylic acids is 2. The fourth-order valence-corrected chi connectivity index (χ4v) is 6.51. The van der Waals surface area contributed by atoms with E-state index in [9.17, 15) is 18.0 Å². The summed E-state index contributed by atoms with van der Waals surface area (Å²) in [5, 5.41) is 2.88. The molecular formula is C36H41N3O6S. The molecule has 1 N–H and O–H groups in total. The number of methoxy groups -OCH3 is 2. The van der Waals surface area contributed by atoms with Gasteiger partial charge in [0.2, 0.25) is 11.8 Å². The predicted octanol–water partition coefficient (Wildman–Crippen LogP) is 5.29. The van der Waals surface area contributed by atoms with Crippen LogP contribution >= 0.6 is 0 Å². The first-order valence-corrected chi connectivity index (χ1v) is 16.5. The van der Waals surface area contributed by atoms with E-state index < -0.39 is 28.5 Å². The highest BCUT2D eigenvalue weighted by Crippen LogP contribution is 2.32. The Kier molecular flexibility index (Phi) is 11.4. The largest absolute Gasteiger partial charge is 0.493 e. The van der Waals surface area contributed by atoms with Crippen LogP contribution in [-0.4, -0.2) is 58.5 Å². The SMILES string of the molecule is CCNC(=O)[C@@H](Cc1ccccc1)N(Cc1ccc(C)cc1)C(=O)CN(c1ccc(C)cc1)S(=O)(=O)c1ccc(OC)c(OC)c1. The Labute approximate surface area is 271 Å². The molecule has 0 aliphatic rings.